The second-order valence-corrected chi connectivity index (χ2v) is 10.6. The molecule has 8 heteroatoms. The molecule has 1 aliphatic heterocycles. The molecule has 0 saturated heterocycles. The Morgan fingerprint density at radius 2 is 1.66 bits per heavy atom. The minimum absolute atomic E-state index is 0.0786. The number of nitrogens with one attached hydrogen (secondary N) is 2. The van der Waals surface area contributed by atoms with Gasteiger partial charge in [0.15, 0.2) is 0 Å². The van der Waals surface area contributed by atoms with Crippen molar-refractivity contribution in [1.82, 2.24) is 5.32 Å². The van der Waals surface area contributed by atoms with Crippen LogP contribution in [0.4, 0.5) is 11.4 Å². The zero-order valence-electron chi connectivity index (χ0n) is 20.4. The van der Waals surface area contributed by atoms with Crippen molar-refractivity contribution in [2.75, 3.05) is 22.5 Å². The number of amides is 3. The summed E-state index contributed by atoms with van der Waals surface area (Å²) in [6, 6.07) is 27.9. The van der Waals surface area contributed by atoms with Gasteiger partial charge in [-0.05, 0) is 72.0 Å². The van der Waals surface area contributed by atoms with Gasteiger partial charge in [-0.15, -0.1) is 23.1 Å². The van der Waals surface area contributed by atoms with Crippen LogP contribution in [-0.4, -0.2) is 30.0 Å². The van der Waals surface area contributed by atoms with E-state index in [1.807, 2.05) is 58.8 Å². The van der Waals surface area contributed by atoms with Gasteiger partial charge >= 0.3 is 0 Å². The fourth-order valence-electron chi connectivity index (χ4n) is 4.11. The number of nitrogens with zero attached hydrogens (tertiary/aromatic N) is 1. The predicted molar refractivity (Wildman–Crippen MR) is 154 cm³/mol. The molecule has 3 aromatic carbocycles. The summed E-state index contributed by atoms with van der Waals surface area (Å²) >= 11 is 2.93. The van der Waals surface area contributed by atoms with Crippen molar-refractivity contribution in [3.8, 4) is 0 Å². The number of fused-ring (bicyclic) bond motifs is 1. The average molecular weight is 540 g/mol. The maximum absolute atomic E-state index is 13.1. The first-order valence-electron chi connectivity index (χ1n) is 12.1. The van der Waals surface area contributed by atoms with Crippen LogP contribution in [0.25, 0.3) is 6.08 Å². The van der Waals surface area contributed by atoms with Gasteiger partial charge in [-0.1, -0.05) is 42.5 Å². The van der Waals surface area contributed by atoms with Crippen molar-refractivity contribution in [2.24, 2.45) is 0 Å². The van der Waals surface area contributed by atoms with E-state index in [-0.39, 0.29) is 17.5 Å². The lowest BCUT2D eigenvalue weighted by Gasteiger charge is -2.17. The van der Waals surface area contributed by atoms with Crippen molar-refractivity contribution >= 4 is 58.3 Å². The fraction of sp³-hybridized carbons (Fsp3) is 0.100. The molecule has 0 bridgehead atoms. The van der Waals surface area contributed by atoms with Crippen LogP contribution in [0.5, 0.6) is 0 Å². The molecule has 0 unspecified atom stereocenters. The second-order valence-electron chi connectivity index (χ2n) is 8.58. The average Bonchev–Trinajstić information content (AvgIpc) is 3.63. The van der Waals surface area contributed by atoms with E-state index in [1.54, 1.807) is 42.5 Å². The first-order chi connectivity index (χ1) is 18.6. The molecule has 6 nitrogen and oxygen atoms in total. The van der Waals surface area contributed by atoms with Crippen LogP contribution in [0.2, 0.25) is 0 Å². The monoisotopic (exact) mass is 539 g/mol. The Kier molecular flexibility index (Phi) is 8.01. The van der Waals surface area contributed by atoms with Crippen LogP contribution in [0, 0.1) is 0 Å². The molecular weight excluding hydrogens is 514 g/mol. The summed E-state index contributed by atoms with van der Waals surface area (Å²) in [6.07, 6.45) is 2.54. The van der Waals surface area contributed by atoms with E-state index in [0.717, 1.165) is 21.9 Å². The standard InChI is InChI=1S/C30H25N3O3S2/c34-28(33-17-16-21-7-4-5-11-27(21)33)20-38-24-14-12-23(13-15-24)31-30(36)26(19-25-10-6-18-37-25)32-29(35)22-8-2-1-3-9-22/h1-15,18-19H,16-17,20H2,(H,31,36)(H,32,35)/b26-19-. The maximum atomic E-state index is 13.1. The zero-order chi connectivity index (χ0) is 26.3. The minimum atomic E-state index is -0.425. The van der Waals surface area contributed by atoms with E-state index in [4.69, 9.17) is 0 Å². The molecule has 0 saturated carbocycles. The first kappa shape index (κ1) is 25.5. The van der Waals surface area contributed by atoms with Gasteiger partial charge in [-0.3, -0.25) is 14.4 Å². The molecule has 0 spiro atoms. The molecular formula is C30H25N3O3S2. The first-order valence-corrected chi connectivity index (χ1v) is 14.0. The Morgan fingerprint density at radius 1 is 0.895 bits per heavy atom. The molecule has 0 aliphatic carbocycles. The molecule has 1 aliphatic rings. The third-order valence-electron chi connectivity index (χ3n) is 6.02. The number of carbonyl (C=O) groups is 3. The van der Waals surface area contributed by atoms with Crippen molar-refractivity contribution in [1.29, 1.82) is 0 Å². The van der Waals surface area contributed by atoms with Crippen LogP contribution in [0.15, 0.2) is 107 Å². The summed E-state index contributed by atoms with van der Waals surface area (Å²) in [5.74, 6) is -0.374. The quantitative estimate of drug-likeness (QED) is 0.218. The Bertz CT molecular complexity index is 1470. The van der Waals surface area contributed by atoms with Crippen molar-refractivity contribution in [3.05, 3.63) is 118 Å². The van der Waals surface area contributed by atoms with Gasteiger partial charge in [0.05, 0.1) is 5.75 Å². The maximum Gasteiger partial charge on any atom is 0.272 e. The lowest BCUT2D eigenvalue weighted by Crippen LogP contribution is -2.30. The fourth-order valence-corrected chi connectivity index (χ4v) is 5.54. The van der Waals surface area contributed by atoms with E-state index >= 15 is 0 Å². The van der Waals surface area contributed by atoms with Gasteiger partial charge in [0.1, 0.15) is 5.70 Å². The molecule has 0 radical (unpaired) electrons. The van der Waals surface area contributed by atoms with Crippen LogP contribution in [-0.2, 0) is 16.0 Å². The number of anilines is 2. The Balaban J connectivity index is 1.21. The summed E-state index contributed by atoms with van der Waals surface area (Å²) < 4.78 is 0. The van der Waals surface area contributed by atoms with Crippen LogP contribution < -0.4 is 15.5 Å². The number of hydrogen-bond acceptors (Lipinski definition) is 5. The van der Waals surface area contributed by atoms with E-state index in [9.17, 15) is 14.4 Å². The highest BCUT2D eigenvalue weighted by molar-refractivity contribution is 8.00. The lowest BCUT2D eigenvalue weighted by molar-refractivity contribution is -0.116. The largest absolute Gasteiger partial charge is 0.321 e. The predicted octanol–water partition coefficient (Wildman–Crippen LogP) is 5.84. The SMILES string of the molecule is O=C(Nc1ccc(SCC(=O)N2CCc3ccccc32)cc1)/C(=C/c1cccs1)NC(=O)c1ccccc1. The lowest BCUT2D eigenvalue weighted by atomic mass is 10.2. The summed E-state index contributed by atoms with van der Waals surface area (Å²) in [4.78, 5) is 42.2. The van der Waals surface area contributed by atoms with E-state index in [2.05, 4.69) is 16.7 Å². The third kappa shape index (κ3) is 6.22. The number of benzene rings is 3. The van der Waals surface area contributed by atoms with Gasteiger partial charge in [0.25, 0.3) is 11.8 Å². The van der Waals surface area contributed by atoms with Gasteiger partial charge < -0.3 is 15.5 Å². The number of thiophene rings is 1. The molecule has 0 atom stereocenters. The highest BCUT2D eigenvalue weighted by Gasteiger charge is 2.24. The second kappa shape index (κ2) is 11.9. The number of thioether (sulfide) groups is 1. The van der Waals surface area contributed by atoms with Gasteiger partial charge in [-0.2, -0.15) is 0 Å². The normalized spacial score (nSPS) is 12.6. The van der Waals surface area contributed by atoms with Crippen molar-refractivity contribution in [3.63, 3.8) is 0 Å². The number of rotatable bonds is 8. The van der Waals surface area contributed by atoms with Crippen LogP contribution in [0.3, 0.4) is 0 Å². The van der Waals surface area contributed by atoms with Gasteiger partial charge in [0, 0.05) is 33.3 Å². The molecule has 1 aromatic heterocycles. The summed E-state index contributed by atoms with van der Waals surface area (Å²) in [6.45, 7) is 0.714. The van der Waals surface area contributed by atoms with E-state index in [0.29, 0.717) is 23.5 Å². The molecule has 3 amide bonds. The highest BCUT2D eigenvalue weighted by atomic mass is 32.2. The highest BCUT2D eigenvalue weighted by Crippen LogP contribution is 2.29. The summed E-state index contributed by atoms with van der Waals surface area (Å²) in [5, 5.41) is 7.50. The van der Waals surface area contributed by atoms with Crippen molar-refractivity contribution < 1.29 is 14.4 Å². The molecule has 190 valence electrons. The molecule has 4 aromatic rings. The third-order valence-corrected chi connectivity index (χ3v) is 7.84. The Hall–Kier alpha value is -4.14. The van der Waals surface area contributed by atoms with Crippen LogP contribution >= 0.6 is 23.1 Å². The zero-order valence-corrected chi connectivity index (χ0v) is 22.1. The Morgan fingerprint density at radius 3 is 2.42 bits per heavy atom. The molecule has 2 N–H and O–H groups in total. The molecule has 5 rings (SSSR count). The minimum Gasteiger partial charge on any atom is -0.321 e. The molecule has 2 heterocycles. The number of hydrogen-bond donors (Lipinski definition) is 2. The van der Waals surface area contributed by atoms with Crippen molar-refractivity contribution in [2.45, 2.75) is 11.3 Å². The van der Waals surface area contributed by atoms with Gasteiger partial charge in [0.2, 0.25) is 5.91 Å². The molecule has 38 heavy (non-hydrogen) atoms. The van der Waals surface area contributed by atoms with Gasteiger partial charge in [-0.25, -0.2) is 0 Å². The smallest absolute Gasteiger partial charge is 0.272 e. The molecule has 0 fully saturated rings. The topological polar surface area (TPSA) is 78.5 Å². The number of para-hydroxylation sites is 1. The van der Waals surface area contributed by atoms with E-state index < -0.39 is 5.91 Å². The Labute approximate surface area is 229 Å². The van der Waals surface area contributed by atoms with Crippen LogP contribution in [0.1, 0.15) is 20.8 Å². The van der Waals surface area contributed by atoms with E-state index in [1.165, 1.54) is 28.7 Å². The summed E-state index contributed by atoms with van der Waals surface area (Å²) in [7, 11) is 0. The number of carbonyl (C=O) groups excluding carboxylic acids is 3. The summed E-state index contributed by atoms with van der Waals surface area (Å²) in [5.41, 5.74) is 3.41.